The maximum atomic E-state index is 12.2. The average Bonchev–Trinajstić information content (AvgIpc) is 2.63. The van der Waals surface area contributed by atoms with Crippen molar-refractivity contribution >= 4 is 33.0 Å². The Balaban J connectivity index is 2.46. The largest absolute Gasteiger partial charge is 0.289 e. The molecule has 0 atom stereocenters. The third-order valence-corrected chi connectivity index (χ3v) is 4.19. The maximum absolute atomic E-state index is 12.2. The molecule has 0 radical (unpaired) electrons. The summed E-state index contributed by atoms with van der Waals surface area (Å²) in [6, 6.07) is 5.91. The molecule has 0 fully saturated rings. The molecule has 0 aliphatic rings. The molecule has 2 aromatic rings. The second-order valence-electron chi connectivity index (χ2n) is 3.78. The monoisotopic (exact) mass is 294 g/mol. The van der Waals surface area contributed by atoms with Gasteiger partial charge in [0.2, 0.25) is 0 Å². The Hall–Kier alpha value is -0.930. The molecule has 16 heavy (non-hydrogen) atoms. The van der Waals surface area contributed by atoms with Gasteiger partial charge in [0, 0.05) is 26.4 Å². The van der Waals surface area contributed by atoms with Crippen LogP contribution in [0.2, 0.25) is 0 Å². The highest BCUT2D eigenvalue weighted by Crippen LogP contribution is 2.25. The molecule has 0 amide bonds. The second kappa shape index (κ2) is 4.52. The smallest absolute Gasteiger partial charge is 0.195 e. The van der Waals surface area contributed by atoms with Gasteiger partial charge in [-0.25, -0.2) is 0 Å². The lowest BCUT2D eigenvalue weighted by molar-refractivity contribution is 0.103. The summed E-state index contributed by atoms with van der Waals surface area (Å²) in [5, 5.41) is 3.81. The van der Waals surface area contributed by atoms with Gasteiger partial charge in [0.15, 0.2) is 5.78 Å². The standard InChI is InChI=1S/C13H11BrOS/c1-8-3-4-10(9(2)5-8)13(15)11-6-16-7-12(11)14/h3-7H,1-2H3. The Bertz CT molecular complexity index is 543. The van der Waals surface area contributed by atoms with Crippen molar-refractivity contribution in [2.24, 2.45) is 0 Å². The fourth-order valence-electron chi connectivity index (χ4n) is 1.66. The van der Waals surface area contributed by atoms with E-state index in [4.69, 9.17) is 0 Å². The Labute approximate surface area is 107 Å². The molecule has 0 saturated heterocycles. The summed E-state index contributed by atoms with van der Waals surface area (Å²) in [5.74, 6) is 0.0885. The second-order valence-corrected chi connectivity index (χ2v) is 5.38. The molecule has 1 aromatic carbocycles. The van der Waals surface area contributed by atoms with Crippen molar-refractivity contribution in [3.63, 3.8) is 0 Å². The summed E-state index contributed by atoms with van der Waals surface area (Å²) >= 11 is 4.92. The van der Waals surface area contributed by atoms with Crippen LogP contribution >= 0.6 is 27.3 Å². The van der Waals surface area contributed by atoms with E-state index in [1.54, 1.807) is 0 Å². The Morgan fingerprint density at radius 2 is 1.94 bits per heavy atom. The first kappa shape index (κ1) is 11.6. The molecule has 0 saturated carbocycles. The number of ketones is 1. The molecule has 0 bridgehead atoms. The zero-order valence-electron chi connectivity index (χ0n) is 9.08. The molecule has 0 aliphatic heterocycles. The molecule has 1 heterocycles. The van der Waals surface area contributed by atoms with Crippen molar-refractivity contribution in [2.75, 3.05) is 0 Å². The third-order valence-electron chi connectivity index (χ3n) is 2.49. The fraction of sp³-hybridized carbons (Fsp3) is 0.154. The highest BCUT2D eigenvalue weighted by atomic mass is 79.9. The predicted molar refractivity (Wildman–Crippen MR) is 71.4 cm³/mol. The number of aryl methyl sites for hydroxylation is 2. The van der Waals surface area contributed by atoms with Gasteiger partial charge >= 0.3 is 0 Å². The van der Waals surface area contributed by atoms with Gasteiger partial charge in [-0.2, -0.15) is 11.3 Å². The maximum Gasteiger partial charge on any atom is 0.195 e. The van der Waals surface area contributed by atoms with E-state index >= 15 is 0 Å². The number of hydrogen-bond acceptors (Lipinski definition) is 2. The summed E-state index contributed by atoms with van der Waals surface area (Å²) in [6.07, 6.45) is 0. The van der Waals surface area contributed by atoms with Gasteiger partial charge in [-0.1, -0.05) is 23.8 Å². The lowest BCUT2D eigenvalue weighted by Gasteiger charge is -2.05. The van der Waals surface area contributed by atoms with Crippen LogP contribution in [-0.4, -0.2) is 5.78 Å². The first-order chi connectivity index (χ1) is 7.59. The van der Waals surface area contributed by atoms with E-state index in [-0.39, 0.29) is 5.78 Å². The van der Waals surface area contributed by atoms with Gasteiger partial charge in [0.1, 0.15) is 0 Å². The van der Waals surface area contributed by atoms with E-state index < -0.39 is 0 Å². The third kappa shape index (κ3) is 2.11. The number of benzene rings is 1. The topological polar surface area (TPSA) is 17.1 Å². The zero-order chi connectivity index (χ0) is 11.7. The highest BCUT2D eigenvalue weighted by molar-refractivity contribution is 9.10. The van der Waals surface area contributed by atoms with Crippen LogP contribution in [0.25, 0.3) is 0 Å². The van der Waals surface area contributed by atoms with E-state index in [9.17, 15) is 4.79 Å². The van der Waals surface area contributed by atoms with Gasteiger partial charge < -0.3 is 0 Å². The van der Waals surface area contributed by atoms with Crippen LogP contribution in [0.15, 0.2) is 33.4 Å². The molecule has 0 spiro atoms. The van der Waals surface area contributed by atoms with Gasteiger partial charge in [-0.3, -0.25) is 4.79 Å². The summed E-state index contributed by atoms with van der Waals surface area (Å²) < 4.78 is 0.877. The number of rotatable bonds is 2. The van der Waals surface area contributed by atoms with E-state index in [0.29, 0.717) is 0 Å². The van der Waals surface area contributed by atoms with Crippen molar-refractivity contribution in [1.29, 1.82) is 0 Å². The fourth-order valence-corrected chi connectivity index (χ4v) is 3.11. The van der Waals surface area contributed by atoms with Crippen molar-refractivity contribution in [2.45, 2.75) is 13.8 Å². The summed E-state index contributed by atoms with van der Waals surface area (Å²) in [7, 11) is 0. The molecular formula is C13H11BrOS. The first-order valence-electron chi connectivity index (χ1n) is 4.93. The molecule has 0 aliphatic carbocycles. The lowest BCUT2D eigenvalue weighted by atomic mass is 9.99. The Morgan fingerprint density at radius 3 is 2.50 bits per heavy atom. The minimum absolute atomic E-state index is 0.0885. The Morgan fingerprint density at radius 1 is 1.19 bits per heavy atom. The number of halogens is 1. The van der Waals surface area contributed by atoms with E-state index in [2.05, 4.69) is 15.9 Å². The summed E-state index contributed by atoms with van der Waals surface area (Å²) in [4.78, 5) is 12.2. The van der Waals surface area contributed by atoms with Crippen LogP contribution < -0.4 is 0 Å². The van der Waals surface area contributed by atoms with Crippen molar-refractivity contribution in [3.05, 3.63) is 55.7 Å². The average molecular weight is 295 g/mol. The molecule has 0 N–H and O–H groups in total. The van der Waals surface area contributed by atoms with Gasteiger partial charge in [0.25, 0.3) is 0 Å². The molecule has 2 rings (SSSR count). The first-order valence-corrected chi connectivity index (χ1v) is 6.67. The van der Waals surface area contributed by atoms with Crippen LogP contribution in [0, 0.1) is 13.8 Å². The molecule has 1 nitrogen and oxygen atoms in total. The summed E-state index contributed by atoms with van der Waals surface area (Å²) in [6.45, 7) is 4.00. The minimum atomic E-state index is 0.0885. The number of thiophene rings is 1. The number of carbonyl (C=O) groups excluding carboxylic acids is 1. The van der Waals surface area contributed by atoms with Crippen molar-refractivity contribution in [1.82, 2.24) is 0 Å². The highest BCUT2D eigenvalue weighted by Gasteiger charge is 2.15. The van der Waals surface area contributed by atoms with Crippen molar-refractivity contribution < 1.29 is 4.79 Å². The lowest BCUT2D eigenvalue weighted by Crippen LogP contribution is -2.03. The Kier molecular flexibility index (Phi) is 3.26. The predicted octanol–water partition coefficient (Wildman–Crippen LogP) is 4.36. The number of hydrogen-bond donors (Lipinski definition) is 0. The molecule has 3 heteroatoms. The van der Waals surface area contributed by atoms with Crippen LogP contribution in [0.5, 0.6) is 0 Å². The normalized spacial score (nSPS) is 10.4. The van der Waals surface area contributed by atoms with Crippen molar-refractivity contribution in [3.8, 4) is 0 Å². The molecule has 0 unspecified atom stereocenters. The zero-order valence-corrected chi connectivity index (χ0v) is 11.5. The van der Waals surface area contributed by atoms with Gasteiger partial charge in [-0.05, 0) is 35.3 Å². The van der Waals surface area contributed by atoms with Crippen LogP contribution in [0.1, 0.15) is 27.0 Å². The quantitative estimate of drug-likeness (QED) is 0.752. The SMILES string of the molecule is Cc1ccc(C(=O)c2cscc2Br)c(C)c1. The summed E-state index contributed by atoms with van der Waals surface area (Å²) in [5.41, 5.74) is 3.74. The van der Waals surface area contributed by atoms with E-state index in [1.165, 1.54) is 16.9 Å². The minimum Gasteiger partial charge on any atom is -0.289 e. The van der Waals surface area contributed by atoms with E-state index in [1.807, 2.05) is 42.8 Å². The van der Waals surface area contributed by atoms with E-state index in [0.717, 1.165) is 21.2 Å². The molecule has 82 valence electrons. The molecular weight excluding hydrogens is 284 g/mol. The van der Waals surface area contributed by atoms with Crippen LogP contribution in [0.3, 0.4) is 0 Å². The van der Waals surface area contributed by atoms with Crippen LogP contribution in [-0.2, 0) is 0 Å². The van der Waals surface area contributed by atoms with Crippen LogP contribution in [0.4, 0.5) is 0 Å². The van der Waals surface area contributed by atoms with Gasteiger partial charge in [-0.15, -0.1) is 0 Å². The molecule has 1 aromatic heterocycles. The van der Waals surface area contributed by atoms with Gasteiger partial charge in [0.05, 0.1) is 0 Å². The number of carbonyl (C=O) groups is 1.